The first-order valence-electron chi connectivity index (χ1n) is 5.72. The van der Waals surface area contributed by atoms with Crippen molar-refractivity contribution in [2.45, 2.75) is 18.7 Å². The van der Waals surface area contributed by atoms with E-state index in [2.05, 4.69) is 9.72 Å². The summed E-state index contributed by atoms with van der Waals surface area (Å²) in [6.45, 7) is -1.33. The second-order valence-electron chi connectivity index (χ2n) is 4.09. The number of rotatable bonds is 5. The van der Waals surface area contributed by atoms with E-state index in [-0.39, 0.29) is 6.61 Å². The topological polar surface area (TPSA) is 22.1 Å². The van der Waals surface area contributed by atoms with Crippen LogP contribution in [0.5, 0.6) is 0 Å². The van der Waals surface area contributed by atoms with Gasteiger partial charge in [-0.05, 0) is 11.6 Å². The van der Waals surface area contributed by atoms with Gasteiger partial charge in [0.05, 0.1) is 18.2 Å². The predicted octanol–water partition coefficient (Wildman–Crippen LogP) is 4.63. The van der Waals surface area contributed by atoms with E-state index in [1.807, 2.05) is 11.4 Å². The molecule has 0 unspecified atom stereocenters. The number of halogens is 4. The minimum atomic E-state index is -4.30. The van der Waals surface area contributed by atoms with Crippen molar-refractivity contribution in [2.24, 2.45) is 0 Å². The lowest BCUT2D eigenvalue weighted by molar-refractivity contribution is -0.176. The molecule has 108 valence electrons. The average molecular weight is 322 g/mol. The van der Waals surface area contributed by atoms with Gasteiger partial charge in [0.2, 0.25) is 0 Å². The number of alkyl halides is 4. The van der Waals surface area contributed by atoms with Crippen molar-refractivity contribution in [2.75, 3.05) is 6.61 Å². The van der Waals surface area contributed by atoms with E-state index < -0.39 is 12.8 Å². The van der Waals surface area contributed by atoms with Crippen molar-refractivity contribution in [3.63, 3.8) is 0 Å². The first-order chi connectivity index (χ1) is 9.48. The minimum absolute atomic E-state index is 0.0823. The van der Waals surface area contributed by atoms with Gasteiger partial charge in [-0.15, -0.1) is 22.9 Å². The van der Waals surface area contributed by atoms with Gasteiger partial charge in [-0.2, -0.15) is 13.2 Å². The summed E-state index contributed by atoms with van der Waals surface area (Å²) in [5.74, 6) is 0.338. The quantitative estimate of drug-likeness (QED) is 0.749. The number of nitrogens with zero attached hydrogens (tertiary/aromatic N) is 1. The highest BCUT2D eigenvalue weighted by molar-refractivity contribution is 7.13. The lowest BCUT2D eigenvalue weighted by Gasteiger charge is -2.08. The Balaban J connectivity index is 2.04. The molecule has 0 fully saturated rings. The second kappa shape index (κ2) is 6.56. The van der Waals surface area contributed by atoms with Crippen LogP contribution in [0.1, 0.15) is 11.3 Å². The van der Waals surface area contributed by atoms with E-state index in [1.54, 1.807) is 18.2 Å². The molecular weight excluding hydrogens is 311 g/mol. The van der Waals surface area contributed by atoms with E-state index in [0.29, 0.717) is 11.4 Å². The van der Waals surface area contributed by atoms with Crippen LogP contribution in [0.15, 0.2) is 29.6 Å². The monoisotopic (exact) mass is 321 g/mol. The summed E-state index contributed by atoms with van der Waals surface area (Å²) in [5.41, 5.74) is 2.30. The van der Waals surface area contributed by atoms with Crippen molar-refractivity contribution < 1.29 is 17.9 Å². The Labute approximate surface area is 123 Å². The van der Waals surface area contributed by atoms with Crippen molar-refractivity contribution >= 4 is 22.9 Å². The Morgan fingerprint density at radius 3 is 2.75 bits per heavy atom. The van der Waals surface area contributed by atoms with Gasteiger partial charge in [0.1, 0.15) is 11.6 Å². The van der Waals surface area contributed by atoms with Crippen LogP contribution in [0.3, 0.4) is 0 Å². The number of hydrogen-bond donors (Lipinski definition) is 0. The van der Waals surface area contributed by atoms with Crippen molar-refractivity contribution in [1.29, 1.82) is 0 Å². The summed E-state index contributed by atoms with van der Waals surface area (Å²) in [6, 6.07) is 7.11. The summed E-state index contributed by atoms with van der Waals surface area (Å²) in [6.07, 6.45) is -4.30. The van der Waals surface area contributed by atoms with Crippen molar-refractivity contribution in [3.8, 4) is 10.6 Å². The number of benzene rings is 1. The fraction of sp³-hybridized carbons (Fsp3) is 0.308. The van der Waals surface area contributed by atoms with E-state index >= 15 is 0 Å². The van der Waals surface area contributed by atoms with Crippen LogP contribution in [0.2, 0.25) is 0 Å². The summed E-state index contributed by atoms with van der Waals surface area (Å²) >= 11 is 7.14. The lowest BCUT2D eigenvalue weighted by Crippen LogP contribution is -2.16. The molecule has 0 aliphatic carbocycles. The Hall–Kier alpha value is -1.11. The highest BCUT2D eigenvalue weighted by Crippen LogP contribution is 2.25. The van der Waals surface area contributed by atoms with E-state index in [0.717, 1.165) is 16.3 Å². The van der Waals surface area contributed by atoms with Gasteiger partial charge < -0.3 is 4.74 Å². The van der Waals surface area contributed by atoms with Gasteiger partial charge in [0, 0.05) is 10.9 Å². The van der Waals surface area contributed by atoms with Crippen LogP contribution < -0.4 is 0 Å². The van der Waals surface area contributed by atoms with Gasteiger partial charge in [-0.1, -0.05) is 18.2 Å². The summed E-state index contributed by atoms with van der Waals surface area (Å²) in [5, 5.41) is 2.65. The molecule has 1 heterocycles. The fourth-order valence-corrected chi connectivity index (χ4v) is 2.62. The summed E-state index contributed by atoms with van der Waals surface area (Å²) in [4.78, 5) is 4.33. The van der Waals surface area contributed by atoms with Crippen LogP contribution in [0.25, 0.3) is 10.6 Å². The summed E-state index contributed by atoms with van der Waals surface area (Å²) < 4.78 is 40.6. The molecule has 2 aromatic rings. The summed E-state index contributed by atoms with van der Waals surface area (Å²) in [7, 11) is 0. The van der Waals surface area contributed by atoms with Crippen LogP contribution in [-0.4, -0.2) is 17.8 Å². The number of thiazole rings is 1. The van der Waals surface area contributed by atoms with Crippen LogP contribution in [0.4, 0.5) is 13.2 Å². The highest BCUT2D eigenvalue weighted by Gasteiger charge is 2.27. The standard InChI is InChI=1S/C13H11ClF3NOS/c14-5-11-7-20-12(18-11)10-3-1-2-9(4-10)6-19-8-13(15,16)17/h1-4,7H,5-6,8H2. The Kier molecular flexibility index (Phi) is 5.01. The zero-order valence-electron chi connectivity index (χ0n) is 10.3. The van der Waals surface area contributed by atoms with E-state index in [9.17, 15) is 13.2 Å². The molecule has 0 spiro atoms. The molecule has 2 nitrogen and oxygen atoms in total. The Morgan fingerprint density at radius 1 is 1.30 bits per heavy atom. The van der Waals surface area contributed by atoms with E-state index in [1.165, 1.54) is 11.3 Å². The normalized spacial score (nSPS) is 11.8. The zero-order valence-corrected chi connectivity index (χ0v) is 11.9. The van der Waals surface area contributed by atoms with Crippen molar-refractivity contribution in [3.05, 3.63) is 40.9 Å². The maximum atomic E-state index is 12.0. The largest absolute Gasteiger partial charge is 0.411 e. The molecule has 0 saturated heterocycles. The van der Waals surface area contributed by atoms with Crippen LogP contribution >= 0.6 is 22.9 Å². The minimum Gasteiger partial charge on any atom is -0.367 e. The molecule has 0 saturated carbocycles. The molecule has 0 aliphatic heterocycles. The number of hydrogen-bond acceptors (Lipinski definition) is 3. The van der Waals surface area contributed by atoms with E-state index in [4.69, 9.17) is 11.6 Å². The van der Waals surface area contributed by atoms with Gasteiger partial charge >= 0.3 is 6.18 Å². The first-order valence-corrected chi connectivity index (χ1v) is 7.13. The van der Waals surface area contributed by atoms with Crippen LogP contribution in [-0.2, 0) is 17.2 Å². The van der Waals surface area contributed by atoms with Gasteiger partial charge in [0.15, 0.2) is 0 Å². The van der Waals surface area contributed by atoms with Gasteiger partial charge in [-0.25, -0.2) is 4.98 Å². The molecule has 0 aliphatic rings. The third-order valence-electron chi connectivity index (χ3n) is 2.40. The molecule has 0 bridgehead atoms. The van der Waals surface area contributed by atoms with Gasteiger partial charge in [0.25, 0.3) is 0 Å². The second-order valence-corrected chi connectivity index (χ2v) is 5.21. The maximum Gasteiger partial charge on any atom is 0.411 e. The molecule has 0 radical (unpaired) electrons. The van der Waals surface area contributed by atoms with Crippen LogP contribution in [0, 0.1) is 0 Å². The molecule has 0 N–H and O–H groups in total. The molecule has 0 atom stereocenters. The third-order valence-corrected chi connectivity index (χ3v) is 3.61. The zero-order chi connectivity index (χ0) is 14.6. The Morgan fingerprint density at radius 2 is 2.10 bits per heavy atom. The van der Waals surface area contributed by atoms with Crippen molar-refractivity contribution in [1.82, 2.24) is 4.98 Å². The lowest BCUT2D eigenvalue weighted by atomic mass is 10.1. The first kappa shape index (κ1) is 15.3. The maximum absolute atomic E-state index is 12.0. The fourth-order valence-electron chi connectivity index (χ4n) is 1.58. The molecule has 2 rings (SSSR count). The molecular formula is C13H11ClF3NOS. The molecule has 7 heteroatoms. The molecule has 20 heavy (non-hydrogen) atoms. The molecule has 1 aromatic carbocycles. The Bertz CT molecular complexity index is 571. The average Bonchev–Trinajstić information content (AvgIpc) is 2.86. The molecule has 1 aromatic heterocycles. The number of ether oxygens (including phenoxy) is 1. The third kappa shape index (κ3) is 4.47. The molecule has 0 amide bonds. The van der Waals surface area contributed by atoms with Gasteiger partial charge in [-0.3, -0.25) is 0 Å². The predicted molar refractivity (Wildman–Crippen MR) is 72.8 cm³/mol. The highest BCUT2D eigenvalue weighted by atomic mass is 35.5. The SMILES string of the molecule is FC(F)(F)COCc1cccc(-c2nc(CCl)cs2)c1. The number of aromatic nitrogens is 1. The smallest absolute Gasteiger partial charge is 0.367 e.